The summed E-state index contributed by atoms with van der Waals surface area (Å²) < 4.78 is 0. The highest BCUT2D eigenvalue weighted by molar-refractivity contribution is 6.30. The van der Waals surface area contributed by atoms with Crippen molar-refractivity contribution in [2.45, 2.75) is 45.2 Å². The van der Waals surface area contributed by atoms with Crippen molar-refractivity contribution >= 4 is 11.6 Å². The fraction of sp³-hybridized carbons (Fsp3) is 0.647. The van der Waals surface area contributed by atoms with Crippen LogP contribution in [0.15, 0.2) is 18.2 Å². The Labute approximate surface area is 128 Å². The van der Waals surface area contributed by atoms with Crippen molar-refractivity contribution < 1.29 is 0 Å². The SMILES string of the molecule is CC(C)CC(CNC1Cc2ccc(Cl)cc2C1)N(C)C. The lowest BCUT2D eigenvalue weighted by atomic mass is 10.0. The molecule has 112 valence electrons. The molecule has 2 atom stereocenters. The van der Waals surface area contributed by atoms with Crippen LogP contribution in [0, 0.1) is 5.92 Å². The van der Waals surface area contributed by atoms with Crippen molar-refractivity contribution in [3.63, 3.8) is 0 Å². The number of nitrogens with one attached hydrogen (secondary N) is 1. The summed E-state index contributed by atoms with van der Waals surface area (Å²) in [5.74, 6) is 0.740. The van der Waals surface area contributed by atoms with Gasteiger partial charge in [0.2, 0.25) is 0 Å². The lowest BCUT2D eigenvalue weighted by molar-refractivity contribution is 0.241. The Morgan fingerprint density at radius 3 is 2.60 bits per heavy atom. The fourth-order valence-electron chi connectivity index (χ4n) is 3.05. The summed E-state index contributed by atoms with van der Waals surface area (Å²) in [4.78, 5) is 2.34. The van der Waals surface area contributed by atoms with Crippen LogP contribution in [0.1, 0.15) is 31.4 Å². The van der Waals surface area contributed by atoms with E-state index in [4.69, 9.17) is 11.6 Å². The van der Waals surface area contributed by atoms with E-state index in [1.165, 1.54) is 17.5 Å². The Hall–Kier alpha value is -0.570. The summed E-state index contributed by atoms with van der Waals surface area (Å²) >= 11 is 6.07. The Morgan fingerprint density at radius 2 is 1.95 bits per heavy atom. The van der Waals surface area contributed by atoms with Gasteiger partial charge in [0.05, 0.1) is 0 Å². The van der Waals surface area contributed by atoms with Crippen LogP contribution in [-0.2, 0) is 12.8 Å². The predicted molar refractivity (Wildman–Crippen MR) is 87.6 cm³/mol. The third kappa shape index (κ3) is 4.21. The Bertz CT molecular complexity index is 443. The van der Waals surface area contributed by atoms with E-state index in [0.29, 0.717) is 12.1 Å². The Morgan fingerprint density at radius 1 is 1.25 bits per heavy atom. The number of halogens is 1. The third-order valence-corrected chi connectivity index (χ3v) is 4.45. The molecule has 0 heterocycles. The molecule has 0 saturated heterocycles. The maximum atomic E-state index is 6.07. The number of hydrogen-bond donors (Lipinski definition) is 1. The largest absolute Gasteiger partial charge is 0.312 e. The second-order valence-electron chi connectivity index (χ2n) is 6.67. The van der Waals surface area contributed by atoms with Crippen molar-refractivity contribution in [2.75, 3.05) is 20.6 Å². The molecule has 1 aliphatic carbocycles. The molecule has 0 saturated carbocycles. The summed E-state index contributed by atoms with van der Waals surface area (Å²) in [5.41, 5.74) is 2.87. The topological polar surface area (TPSA) is 15.3 Å². The molecule has 2 nitrogen and oxygen atoms in total. The van der Waals surface area contributed by atoms with Gasteiger partial charge >= 0.3 is 0 Å². The normalized spacial score (nSPS) is 19.6. The van der Waals surface area contributed by atoms with E-state index >= 15 is 0 Å². The molecule has 1 aromatic carbocycles. The average molecular weight is 295 g/mol. The number of likely N-dealkylation sites (N-methyl/N-ethyl adjacent to an activating group) is 1. The molecule has 0 radical (unpaired) electrons. The lowest BCUT2D eigenvalue weighted by Crippen LogP contribution is -2.43. The van der Waals surface area contributed by atoms with E-state index in [-0.39, 0.29) is 0 Å². The monoisotopic (exact) mass is 294 g/mol. The Kier molecular flexibility index (Phi) is 5.48. The maximum Gasteiger partial charge on any atom is 0.0408 e. The zero-order chi connectivity index (χ0) is 14.7. The molecule has 3 heteroatoms. The van der Waals surface area contributed by atoms with Gasteiger partial charge in [-0.1, -0.05) is 31.5 Å². The molecule has 0 aliphatic heterocycles. The minimum Gasteiger partial charge on any atom is -0.312 e. The fourth-order valence-corrected chi connectivity index (χ4v) is 3.25. The van der Waals surface area contributed by atoms with Crippen molar-refractivity contribution in [3.05, 3.63) is 34.3 Å². The van der Waals surface area contributed by atoms with Crippen LogP contribution in [0.25, 0.3) is 0 Å². The van der Waals surface area contributed by atoms with Crippen LogP contribution >= 0.6 is 11.6 Å². The lowest BCUT2D eigenvalue weighted by Gasteiger charge is -2.27. The molecule has 0 spiro atoms. The van der Waals surface area contributed by atoms with E-state index in [9.17, 15) is 0 Å². The van der Waals surface area contributed by atoms with E-state index in [1.54, 1.807) is 0 Å². The van der Waals surface area contributed by atoms with Gasteiger partial charge in [0.1, 0.15) is 0 Å². The van der Waals surface area contributed by atoms with Crippen LogP contribution in [-0.4, -0.2) is 37.6 Å². The first kappa shape index (κ1) is 15.8. The highest BCUT2D eigenvalue weighted by atomic mass is 35.5. The van der Waals surface area contributed by atoms with Gasteiger partial charge in [-0.05, 0) is 62.5 Å². The quantitative estimate of drug-likeness (QED) is 0.865. The summed E-state index contributed by atoms with van der Waals surface area (Å²) in [6, 6.07) is 7.48. The van der Waals surface area contributed by atoms with Gasteiger partial charge in [-0.15, -0.1) is 0 Å². The minimum absolute atomic E-state index is 0.568. The van der Waals surface area contributed by atoms with Crippen LogP contribution in [0.2, 0.25) is 5.02 Å². The molecule has 2 unspecified atom stereocenters. The van der Waals surface area contributed by atoms with Gasteiger partial charge in [0.15, 0.2) is 0 Å². The molecule has 0 amide bonds. The predicted octanol–water partition coefficient (Wildman–Crippen LogP) is 3.37. The summed E-state index contributed by atoms with van der Waals surface area (Å²) in [7, 11) is 4.36. The first-order chi connectivity index (χ1) is 9.45. The highest BCUT2D eigenvalue weighted by Gasteiger charge is 2.22. The highest BCUT2D eigenvalue weighted by Crippen LogP contribution is 2.25. The van der Waals surface area contributed by atoms with Crippen LogP contribution < -0.4 is 5.32 Å². The number of hydrogen-bond acceptors (Lipinski definition) is 2. The first-order valence-electron chi connectivity index (χ1n) is 7.62. The van der Waals surface area contributed by atoms with E-state index < -0.39 is 0 Å². The second-order valence-corrected chi connectivity index (χ2v) is 7.11. The van der Waals surface area contributed by atoms with Gasteiger partial charge in [-0.3, -0.25) is 0 Å². The molecule has 1 aromatic rings. The molecule has 1 aliphatic rings. The summed E-state index contributed by atoms with van der Waals surface area (Å²) in [6.45, 7) is 5.66. The van der Waals surface area contributed by atoms with Gasteiger partial charge < -0.3 is 10.2 Å². The second kappa shape index (κ2) is 6.93. The first-order valence-corrected chi connectivity index (χ1v) is 8.00. The molecular formula is C17H27ClN2. The average Bonchev–Trinajstić information content (AvgIpc) is 2.75. The minimum atomic E-state index is 0.568. The number of benzene rings is 1. The molecule has 0 fully saturated rings. The van der Waals surface area contributed by atoms with Crippen LogP contribution in [0.5, 0.6) is 0 Å². The Balaban J connectivity index is 1.86. The van der Waals surface area contributed by atoms with Gasteiger partial charge in [-0.2, -0.15) is 0 Å². The van der Waals surface area contributed by atoms with Gasteiger partial charge in [-0.25, -0.2) is 0 Å². The number of fused-ring (bicyclic) bond motifs is 1. The third-order valence-electron chi connectivity index (χ3n) is 4.22. The molecule has 20 heavy (non-hydrogen) atoms. The van der Waals surface area contributed by atoms with Crippen molar-refractivity contribution in [3.8, 4) is 0 Å². The van der Waals surface area contributed by atoms with Crippen molar-refractivity contribution in [1.82, 2.24) is 10.2 Å². The molecular weight excluding hydrogens is 268 g/mol. The van der Waals surface area contributed by atoms with E-state index in [1.807, 2.05) is 6.07 Å². The van der Waals surface area contributed by atoms with Crippen molar-refractivity contribution in [1.29, 1.82) is 0 Å². The smallest absolute Gasteiger partial charge is 0.0408 e. The standard InChI is InChI=1S/C17H27ClN2/c1-12(2)7-17(20(3)4)11-19-16-9-13-5-6-15(18)8-14(13)10-16/h5-6,8,12,16-17,19H,7,9-11H2,1-4H3. The number of rotatable bonds is 6. The zero-order valence-electron chi connectivity index (χ0n) is 13.1. The van der Waals surface area contributed by atoms with Crippen molar-refractivity contribution in [2.24, 2.45) is 5.92 Å². The van der Waals surface area contributed by atoms with Gasteiger partial charge in [0, 0.05) is 23.7 Å². The van der Waals surface area contributed by atoms with E-state index in [0.717, 1.165) is 30.3 Å². The zero-order valence-corrected chi connectivity index (χ0v) is 13.9. The molecule has 1 N–H and O–H groups in total. The summed E-state index contributed by atoms with van der Waals surface area (Å²) in [6.07, 6.45) is 3.48. The van der Waals surface area contributed by atoms with Crippen LogP contribution in [0.4, 0.5) is 0 Å². The molecule has 2 rings (SSSR count). The molecule has 0 bridgehead atoms. The number of nitrogens with zero attached hydrogens (tertiary/aromatic N) is 1. The molecule has 0 aromatic heterocycles. The maximum absolute atomic E-state index is 6.07. The van der Waals surface area contributed by atoms with Gasteiger partial charge in [0.25, 0.3) is 0 Å². The summed E-state index contributed by atoms with van der Waals surface area (Å²) in [5, 5.41) is 4.61. The van der Waals surface area contributed by atoms with E-state index in [2.05, 4.69) is 50.3 Å². The van der Waals surface area contributed by atoms with Crippen LogP contribution in [0.3, 0.4) is 0 Å².